The van der Waals surface area contributed by atoms with Gasteiger partial charge in [0.15, 0.2) is 0 Å². The highest BCUT2D eigenvalue weighted by molar-refractivity contribution is 7.19. The van der Waals surface area contributed by atoms with E-state index < -0.39 is 6.15 Å². The van der Waals surface area contributed by atoms with Crippen LogP contribution in [0.1, 0.15) is 115 Å². The summed E-state index contributed by atoms with van der Waals surface area (Å²) in [5.74, 6) is 0. The quantitative estimate of drug-likeness (QED) is 0.0347. The Morgan fingerprint density at radius 3 is 1.07 bits per heavy atom. The first-order chi connectivity index (χ1) is 28.0. The van der Waals surface area contributed by atoms with Crippen LogP contribution in [-0.4, -0.2) is 31.3 Å². The van der Waals surface area contributed by atoms with Crippen LogP contribution in [0, 0.1) is 0 Å². The van der Waals surface area contributed by atoms with Crippen molar-refractivity contribution < 1.29 is 4.48 Å². The molecule has 6 aromatic carbocycles. The van der Waals surface area contributed by atoms with Crippen molar-refractivity contribution >= 4 is 38.8 Å². The topological polar surface area (TPSA) is 0 Å². The molecule has 0 aliphatic heterocycles. The van der Waals surface area contributed by atoms with E-state index in [0.29, 0.717) is 0 Å². The summed E-state index contributed by atoms with van der Waals surface area (Å²) >= 11 is 0. The summed E-state index contributed by atoms with van der Waals surface area (Å²) in [6, 6.07) is 59.2. The third-order valence-corrected chi connectivity index (χ3v) is 12.2. The maximum absolute atomic E-state index is 2.39. The second-order valence-electron chi connectivity index (χ2n) is 17.3. The lowest BCUT2D eigenvalue weighted by atomic mass is 9.13. The molecule has 6 aromatic rings. The number of fused-ring (bicyclic) bond motifs is 1. The van der Waals surface area contributed by atoms with E-state index in [-0.39, 0.29) is 0 Å². The van der Waals surface area contributed by atoms with E-state index in [2.05, 4.69) is 185 Å². The van der Waals surface area contributed by atoms with Gasteiger partial charge in [0, 0.05) is 5.56 Å². The van der Waals surface area contributed by atoms with Gasteiger partial charge in [0.1, 0.15) is 12.7 Å². The van der Waals surface area contributed by atoms with Gasteiger partial charge in [-0.1, -0.05) is 255 Å². The van der Waals surface area contributed by atoms with Crippen LogP contribution < -0.4 is 21.9 Å². The number of hydrogen-bond acceptors (Lipinski definition) is 0. The molecule has 1 nitrogen and oxygen atoms in total. The number of hydrogen-bond donors (Lipinski definition) is 0. The van der Waals surface area contributed by atoms with Crippen LogP contribution in [0.3, 0.4) is 0 Å². The highest BCUT2D eigenvalue weighted by Crippen LogP contribution is 2.20. The van der Waals surface area contributed by atoms with Gasteiger partial charge in [-0.3, -0.25) is 0 Å². The molecule has 57 heavy (non-hydrogen) atoms. The second-order valence-corrected chi connectivity index (χ2v) is 17.3. The lowest BCUT2D eigenvalue weighted by Gasteiger charge is -2.44. The van der Waals surface area contributed by atoms with Crippen molar-refractivity contribution in [1.82, 2.24) is 0 Å². The molecule has 0 atom stereocenters. The highest BCUT2D eigenvalue weighted by Gasteiger charge is 2.31. The summed E-state index contributed by atoms with van der Waals surface area (Å²) < 4.78 is 1.09. The predicted octanol–water partition coefficient (Wildman–Crippen LogP) is 12.7. The molecule has 300 valence electrons. The van der Waals surface area contributed by atoms with Crippen LogP contribution in [0.4, 0.5) is 0 Å². The van der Waals surface area contributed by atoms with Gasteiger partial charge < -0.3 is 4.48 Å². The van der Waals surface area contributed by atoms with Crippen LogP contribution in [-0.2, 0) is 6.54 Å². The summed E-state index contributed by atoms with van der Waals surface area (Å²) in [5.41, 5.74) is 6.82. The highest BCUT2D eigenvalue weighted by atomic mass is 15.3. The first kappa shape index (κ1) is 43.7. The number of unbranched alkanes of at least 4 members (excludes halogenated alkanes) is 15. The Morgan fingerprint density at radius 2 is 0.684 bits per heavy atom. The average molecular weight is 758 g/mol. The van der Waals surface area contributed by atoms with Gasteiger partial charge in [0.05, 0.1) is 20.6 Å². The fraction of sp³-hybridized carbons (Fsp3) is 0.382. The summed E-state index contributed by atoms with van der Waals surface area (Å²) in [4.78, 5) is 0. The van der Waals surface area contributed by atoms with Crippen molar-refractivity contribution in [3.63, 3.8) is 0 Å². The van der Waals surface area contributed by atoms with Crippen LogP contribution in [0.15, 0.2) is 164 Å². The van der Waals surface area contributed by atoms with E-state index in [0.717, 1.165) is 11.0 Å². The summed E-state index contributed by atoms with van der Waals surface area (Å²) in [6.07, 6.45) is 21.9. The van der Waals surface area contributed by atoms with Crippen molar-refractivity contribution in [1.29, 1.82) is 0 Å². The molecule has 0 aliphatic carbocycles. The van der Waals surface area contributed by atoms with Crippen molar-refractivity contribution in [3.05, 3.63) is 169 Å². The van der Waals surface area contributed by atoms with Crippen LogP contribution in [0.5, 0.6) is 0 Å². The first-order valence-electron chi connectivity index (χ1n) is 22.7. The SMILES string of the molecule is CCCCCCCCCCCCCCCCCC[N+](C)(C)Cc1ccc2ccccc2c1.c1ccc([B-](c2ccccc2)(c2ccccc2)c2ccccc2)cc1. The van der Waals surface area contributed by atoms with E-state index in [4.69, 9.17) is 0 Å². The van der Waals surface area contributed by atoms with Crippen molar-refractivity contribution in [2.24, 2.45) is 0 Å². The Labute approximate surface area is 348 Å². The molecule has 0 unspecified atom stereocenters. The molecule has 0 saturated heterocycles. The molecule has 0 aromatic heterocycles. The van der Waals surface area contributed by atoms with E-state index in [9.17, 15) is 0 Å². The van der Waals surface area contributed by atoms with Gasteiger partial charge >= 0.3 is 0 Å². The Balaban J connectivity index is 0.000000223. The summed E-state index contributed by atoms with van der Waals surface area (Å²) in [5, 5.41) is 2.71. The molecule has 6 rings (SSSR count). The molecule has 0 heterocycles. The Bertz CT molecular complexity index is 1760. The van der Waals surface area contributed by atoms with Gasteiger partial charge in [-0.05, 0) is 29.7 Å². The zero-order valence-electron chi connectivity index (χ0n) is 35.8. The lowest BCUT2D eigenvalue weighted by molar-refractivity contribution is -0.903. The van der Waals surface area contributed by atoms with Gasteiger partial charge in [-0.2, -0.15) is 21.9 Å². The zero-order chi connectivity index (χ0) is 39.9. The molecule has 0 amide bonds. The van der Waals surface area contributed by atoms with Gasteiger partial charge in [0.2, 0.25) is 0 Å². The molecular weight excluding hydrogens is 685 g/mol. The minimum atomic E-state index is -1.22. The van der Waals surface area contributed by atoms with E-state index in [1.807, 2.05) is 0 Å². The van der Waals surface area contributed by atoms with Gasteiger partial charge in [-0.15, -0.1) is 0 Å². The number of nitrogens with zero attached hydrogens (tertiary/aromatic N) is 1. The molecule has 0 spiro atoms. The Hall–Kier alpha value is -4.40. The van der Waals surface area contributed by atoms with Crippen LogP contribution in [0.2, 0.25) is 0 Å². The van der Waals surface area contributed by atoms with E-state index in [1.165, 1.54) is 147 Å². The monoisotopic (exact) mass is 758 g/mol. The molecule has 0 N–H and O–H groups in total. The number of quaternary nitrogens is 1. The van der Waals surface area contributed by atoms with E-state index in [1.54, 1.807) is 0 Å². The second kappa shape index (κ2) is 24.4. The maximum atomic E-state index is 2.39. The molecule has 2 heteroatoms. The van der Waals surface area contributed by atoms with Crippen molar-refractivity contribution in [3.8, 4) is 0 Å². The third kappa shape index (κ3) is 13.9. The fourth-order valence-electron chi connectivity index (χ4n) is 9.12. The fourth-order valence-corrected chi connectivity index (χ4v) is 9.12. The number of rotatable bonds is 23. The smallest absolute Gasteiger partial charge is 0.108 e. The van der Waals surface area contributed by atoms with Gasteiger partial charge in [-0.25, -0.2) is 0 Å². The van der Waals surface area contributed by atoms with E-state index >= 15 is 0 Å². The maximum Gasteiger partial charge on any atom is 0.108 e. The Kier molecular flexibility index (Phi) is 18.7. The van der Waals surface area contributed by atoms with Crippen molar-refractivity contribution in [2.45, 2.75) is 116 Å². The largest absolute Gasteiger partial charge is 0.325 e. The lowest BCUT2D eigenvalue weighted by Crippen LogP contribution is -2.74. The predicted molar refractivity (Wildman–Crippen MR) is 254 cm³/mol. The standard InChI is InChI=1S/C31H52N.C24H20B/c1-4-5-6-7-8-9-10-11-12-13-14-15-16-17-18-21-26-32(2,3)28-29-24-25-30-22-19-20-23-31(30)27-29;1-5-13-21(14-6-1)25(22-15-7-2-8-16-22,23-17-9-3-10-18-23)24-19-11-4-12-20-24/h19-20,22-25,27H,4-18,21,26,28H2,1-3H3;1-20H/q+1;-1. The molecule has 0 aliphatic rings. The van der Waals surface area contributed by atoms with Crippen molar-refractivity contribution in [2.75, 3.05) is 20.6 Å². The zero-order valence-corrected chi connectivity index (χ0v) is 35.8. The molecular formula is C55H72BN. The minimum absolute atomic E-state index is 1.09. The summed E-state index contributed by atoms with van der Waals surface area (Å²) in [7, 11) is 4.78. The van der Waals surface area contributed by atoms with Crippen LogP contribution >= 0.6 is 0 Å². The molecule has 0 fully saturated rings. The Morgan fingerprint density at radius 1 is 0.351 bits per heavy atom. The molecule has 0 bridgehead atoms. The molecule has 0 saturated carbocycles. The molecule has 0 radical (unpaired) electrons. The van der Waals surface area contributed by atoms with Gasteiger partial charge in [0.25, 0.3) is 0 Å². The average Bonchev–Trinajstić information content (AvgIpc) is 3.25. The normalized spacial score (nSPS) is 11.6. The number of benzene rings is 6. The summed E-state index contributed by atoms with van der Waals surface area (Å²) in [6.45, 7) is 4.71. The van der Waals surface area contributed by atoms with Crippen LogP contribution in [0.25, 0.3) is 10.8 Å². The minimum Gasteiger partial charge on any atom is -0.325 e. The third-order valence-electron chi connectivity index (χ3n) is 12.2. The first-order valence-corrected chi connectivity index (χ1v) is 22.7.